The second-order valence-electron chi connectivity index (χ2n) is 5.05. The van der Waals surface area contributed by atoms with Gasteiger partial charge in [-0.1, -0.05) is 36.8 Å². The van der Waals surface area contributed by atoms with Crippen LogP contribution in [0.3, 0.4) is 0 Å². The molecule has 3 aromatic rings. The maximum absolute atomic E-state index is 12.2. The molecule has 0 bridgehead atoms. The summed E-state index contributed by atoms with van der Waals surface area (Å²) in [6.45, 7) is 2.14. The summed E-state index contributed by atoms with van der Waals surface area (Å²) in [6, 6.07) is 11.4. The Labute approximate surface area is 138 Å². The van der Waals surface area contributed by atoms with Crippen LogP contribution in [0, 0.1) is 0 Å². The normalized spacial score (nSPS) is 10.5. The third-order valence-corrected chi connectivity index (χ3v) is 4.22. The summed E-state index contributed by atoms with van der Waals surface area (Å²) in [4.78, 5) is 16.2. The van der Waals surface area contributed by atoms with E-state index in [-0.39, 0.29) is 5.91 Å². The maximum atomic E-state index is 12.2. The first-order valence-corrected chi connectivity index (χ1v) is 8.22. The van der Waals surface area contributed by atoms with Crippen molar-refractivity contribution >= 4 is 22.4 Å². The zero-order valence-electron chi connectivity index (χ0n) is 12.7. The van der Waals surface area contributed by atoms with Crippen LogP contribution in [0.5, 0.6) is 0 Å². The predicted molar refractivity (Wildman–Crippen MR) is 91.5 cm³/mol. The minimum Gasteiger partial charge on any atom is -0.296 e. The maximum Gasteiger partial charge on any atom is 0.257 e. The molecule has 0 saturated heterocycles. The van der Waals surface area contributed by atoms with Gasteiger partial charge in [-0.3, -0.25) is 15.1 Å². The van der Waals surface area contributed by atoms with Crippen LogP contribution in [0.4, 0.5) is 5.13 Å². The van der Waals surface area contributed by atoms with Gasteiger partial charge in [0, 0.05) is 23.5 Å². The molecule has 23 heavy (non-hydrogen) atoms. The number of amides is 1. The summed E-state index contributed by atoms with van der Waals surface area (Å²) >= 11 is 1.34. The van der Waals surface area contributed by atoms with E-state index in [1.165, 1.54) is 16.9 Å². The molecule has 3 rings (SSSR count). The van der Waals surface area contributed by atoms with E-state index < -0.39 is 0 Å². The average Bonchev–Trinajstić information content (AvgIpc) is 3.05. The molecule has 116 valence electrons. The molecule has 0 radical (unpaired) electrons. The lowest BCUT2D eigenvalue weighted by Crippen LogP contribution is -2.11. The van der Waals surface area contributed by atoms with Gasteiger partial charge in [0.1, 0.15) is 5.01 Å². The van der Waals surface area contributed by atoms with Crippen molar-refractivity contribution in [3.8, 4) is 10.6 Å². The summed E-state index contributed by atoms with van der Waals surface area (Å²) in [5.41, 5.74) is 2.78. The van der Waals surface area contributed by atoms with Gasteiger partial charge in [-0.2, -0.15) is 0 Å². The van der Waals surface area contributed by atoms with Gasteiger partial charge in [0.05, 0.1) is 0 Å². The van der Waals surface area contributed by atoms with Crippen molar-refractivity contribution in [2.24, 2.45) is 0 Å². The molecule has 1 aromatic carbocycles. The number of benzene rings is 1. The quantitative estimate of drug-likeness (QED) is 0.775. The molecule has 0 unspecified atom stereocenters. The Kier molecular flexibility index (Phi) is 4.73. The van der Waals surface area contributed by atoms with E-state index in [0.29, 0.717) is 10.7 Å². The second kappa shape index (κ2) is 7.11. The highest BCUT2D eigenvalue weighted by atomic mass is 32.1. The number of hydrogen-bond acceptors (Lipinski definition) is 5. The lowest BCUT2D eigenvalue weighted by atomic mass is 10.1. The lowest BCUT2D eigenvalue weighted by Gasteiger charge is -2.03. The Morgan fingerprint density at radius 1 is 1.09 bits per heavy atom. The largest absolute Gasteiger partial charge is 0.296 e. The molecule has 2 aromatic heterocycles. The highest BCUT2D eigenvalue weighted by Crippen LogP contribution is 2.25. The molecule has 2 heterocycles. The van der Waals surface area contributed by atoms with Crippen LogP contribution >= 0.6 is 11.3 Å². The zero-order chi connectivity index (χ0) is 16.1. The molecule has 0 aliphatic carbocycles. The number of hydrogen-bond donors (Lipinski definition) is 1. The first-order valence-electron chi connectivity index (χ1n) is 7.40. The minimum absolute atomic E-state index is 0.175. The van der Waals surface area contributed by atoms with Crippen molar-refractivity contribution < 1.29 is 4.79 Å². The third-order valence-electron chi connectivity index (χ3n) is 3.33. The Morgan fingerprint density at radius 3 is 2.52 bits per heavy atom. The van der Waals surface area contributed by atoms with Crippen LogP contribution in [0.2, 0.25) is 0 Å². The summed E-state index contributed by atoms with van der Waals surface area (Å²) in [7, 11) is 0. The van der Waals surface area contributed by atoms with E-state index in [0.717, 1.165) is 23.4 Å². The van der Waals surface area contributed by atoms with Crippen molar-refractivity contribution in [1.82, 2.24) is 15.2 Å². The predicted octanol–water partition coefficient (Wildman–Crippen LogP) is 3.80. The first kappa shape index (κ1) is 15.3. The molecule has 0 fully saturated rings. The van der Waals surface area contributed by atoms with Crippen molar-refractivity contribution in [2.75, 3.05) is 5.32 Å². The molecule has 0 atom stereocenters. The standard InChI is InChI=1S/C17H16N4OS/c1-2-3-12-4-6-13(7-5-12)15(22)19-17-21-20-16(23-17)14-8-10-18-11-9-14/h4-11H,2-3H2,1H3,(H,19,21,22). The number of nitrogens with zero attached hydrogens (tertiary/aromatic N) is 3. The van der Waals surface area contributed by atoms with E-state index in [2.05, 4.69) is 27.4 Å². The second-order valence-corrected chi connectivity index (χ2v) is 6.03. The molecule has 0 aliphatic rings. The number of aromatic nitrogens is 3. The van der Waals surface area contributed by atoms with Crippen LogP contribution in [-0.4, -0.2) is 21.1 Å². The summed E-state index contributed by atoms with van der Waals surface area (Å²) in [5.74, 6) is -0.175. The van der Waals surface area contributed by atoms with Crippen LogP contribution in [0.15, 0.2) is 48.8 Å². The van der Waals surface area contributed by atoms with Gasteiger partial charge in [-0.05, 0) is 36.2 Å². The van der Waals surface area contributed by atoms with Crippen molar-refractivity contribution in [3.05, 3.63) is 59.9 Å². The van der Waals surface area contributed by atoms with E-state index in [9.17, 15) is 4.79 Å². The fraction of sp³-hybridized carbons (Fsp3) is 0.176. The molecular formula is C17H16N4OS. The van der Waals surface area contributed by atoms with Gasteiger partial charge in [0.15, 0.2) is 0 Å². The Morgan fingerprint density at radius 2 is 1.83 bits per heavy atom. The van der Waals surface area contributed by atoms with E-state index in [4.69, 9.17) is 0 Å². The van der Waals surface area contributed by atoms with Gasteiger partial charge >= 0.3 is 0 Å². The number of rotatable bonds is 5. The monoisotopic (exact) mass is 324 g/mol. The molecular weight excluding hydrogens is 308 g/mol. The summed E-state index contributed by atoms with van der Waals surface area (Å²) in [6.07, 6.45) is 5.52. The Balaban J connectivity index is 1.69. The number of pyridine rings is 1. The minimum atomic E-state index is -0.175. The van der Waals surface area contributed by atoms with E-state index in [1.54, 1.807) is 12.4 Å². The third kappa shape index (κ3) is 3.78. The summed E-state index contributed by atoms with van der Waals surface area (Å²) < 4.78 is 0. The first-order chi connectivity index (χ1) is 11.3. The Bertz CT molecular complexity index is 784. The molecule has 6 heteroatoms. The SMILES string of the molecule is CCCc1ccc(C(=O)Nc2nnc(-c3ccncc3)s2)cc1. The van der Waals surface area contributed by atoms with E-state index in [1.807, 2.05) is 36.4 Å². The molecule has 1 amide bonds. The number of carbonyl (C=O) groups is 1. The Hall–Kier alpha value is -2.60. The van der Waals surface area contributed by atoms with Crippen molar-refractivity contribution in [1.29, 1.82) is 0 Å². The fourth-order valence-electron chi connectivity index (χ4n) is 2.17. The molecule has 0 saturated carbocycles. The van der Waals surface area contributed by atoms with Gasteiger partial charge in [-0.25, -0.2) is 0 Å². The zero-order valence-corrected chi connectivity index (χ0v) is 13.5. The highest BCUT2D eigenvalue weighted by Gasteiger charge is 2.11. The van der Waals surface area contributed by atoms with E-state index >= 15 is 0 Å². The number of carbonyl (C=O) groups excluding carboxylic acids is 1. The van der Waals surface area contributed by atoms with Gasteiger partial charge < -0.3 is 0 Å². The summed E-state index contributed by atoms with van der Waals surface area (Å²) in [5, 5.41) is 12.1. The molecule has 5 nitrogen and oxygen atoms in total. The smallest absolute Gasteiger partial charge is 0.257 e. The topological polar surface area (TPSA) is 67.8 Å². The lowest BCUT2D eigenvalue weighted by molar-refractivity contribution is 0.102. The average molecular weight is 324 g/mol. The van der Waals surface area contributed by atoms with Crippen molar-refractivity contribution in [3.63, 3.8) is 0 Å². The van der Waals surface area contributed by atoms with Gasteiger partial charge in [0.25, 0.3) is 5.91 Å². The highest BCUT2D eigenvalue weighted by molar-refractivity contribution is 7.18. The molecule has 0 aliphatic heterocycles. The van der Waals surface area contributed by atoms with Crippen LogP contribution < -0.4 is 5.32 Å². The number of aryl methyl sites for hydroxylation is 1. The van der Waals surface area contributed by atoms with Crippen LogP contribution in [0.25, 0.3) is 10.6 Å². The van der Waals surface area contributed by atoms with Crippen LogP contribution in [-0.2, 0) is 6.42 Å². The van der Waals surface area contributed by atoms with Gasteiger partial charge in [-0.15, -0.1) is 10.2 Å². The fourth-order valence-corrected chi connectivity index (χ4v) is 2.91. The van der Waals surface area contributed by atoms with Gasteiger partial charge in [0.2, 0.25) is 5.13 Å². The number of anilines is 1. The molecule has 0 spiro atoms. The molecule has 1 N–H and O–H groups in total. The van der Waals surface area contributed by atoms with Crippen LogP contribution in [0.1, 0.15) is 29.3 Å². The number of nitrogens with one attached hydrogen (secondary N) is 1. The van der Waals surface area contributed by atoms with Crippen molar-refractivity contribution in [2.45, 2.75) is 19.8 Å².